The van der Waals surface area contributed by atoms with Crippen molar-refractivity contribution in [3.8, 4) is 0 Å². The van der Waals surface area contributed by atoms with Crippen LogP contribution in [0.3, 0.4) is 0 Å². The molecule has 0 radical (unpaired) electrons. The molecule has 1 heterocycles. The molecule has 0 saturated carbocycles. The summed E-state index contributed by atoms with van der Waals surface area (Å²) in [6.45, 7) is 11.6. The number of hydrogen-bond acceptors (Lipinski definition) is 4. The van der Waals surface area contributed by atoms with E-state index in [9.17, 15) is 4.79 Å². The maximum atomic E-state index is 12.5. The summed E-state index contributed by atoms with van der Waals surface area (Å²) in [7, 11) is 0. The molecule has 1 aromatic rings. The summed E-state index contributed by atoms with van der Waals surface area (Å²) in [6, 6.07) is 7.90. The van der Waals surface area contributed by atoms with Gasteiger partial charge in [-0.3, -0.25) is 9.69 Å². The number of nitrogens with one attached hydrogen (secondary N) is 1. The normalized spacial score (nSPS) is 22.0. The van der Waals surface area contributed by atoms with Crippen LogP contribution in [0.1, 0.15) is 56.5 Å². The van der Waals surface area contributed by atoms with Gasteiger partial charge in [-0.25, -0.2) is 0 Å². The van der Waals surface area contributed by atoms with E-state index in [1.165, 1.54) is 5.56 Å². The van der Waals surface area contributed by atoms with Crippen LogP contribution in [-0.4, -0.2) is 48.2 Å². The van der Waals surface area contributed by atoms with Crippen LogP contribution in [-0.2, 0) is 11.3 Å². The number of ether oxygens (including phenoxy) is 1. The fraction of sp³-hybridized carbons (Fsp3) is 0.650. The van der Waals surface area contributed by atoms with E-state index in [1.54, 1.807) is 0 Å². The van der Waals surface area contributed by atoms with Crippen molar-refractivity contribution in [3.63, 3.8) is 0 Å². The van der Waals surface area contributed by atoms with Crippen molar-refractivity contribution in [2.75, 3.05) is 19.6 Å². The number of rotatable bonds is 7. The number of nitrogens with zero attached hydrogens (tertiary/aromatic N) is 1. The van der Waals surface area contributed by atoms with E-state index in [0.717, 1.165) is 32.5 Å². The molecule has 1 saturated heterocycles. The number of carbonyl (C=O) groups excluding carboxylic acids is 1. The number of morpholine rings is 1. The molecule has 2 rings (SSSR count). The van der Waals surface area contributed by atoms with Crippen LogP contribution in [0.5, 0.6) is 0 Å². The largest absolute Gasteiger partial charge is 0.373 e. The third-order valence-electron chi connectivity index (χ3n) is 5.24. The minimum absolute atomic E-state index is 0.0469. The van der Waals surface area contributed by atoms with Crippen LogP contribution >= 0.6 is 0 Å². The third kappa shape index (κ3) is 5.27. The SMILES string of the molecule is CCC(CC)(CN)NC(=O)c1ccc(CN2CC(C)OC(C)C2)cc1. The predicted molar refractivity (Wildman–Crippen MR) is 102 cm³/mol. The molecule has 5 heteroatoms. The Morgan fingerprint density at radius 1 is 1.20 bits per heavy atom. The van der Waals surface area contributed by atoms with Gasteiger partial charge in [0, 0.05) is 31.7 Å². The lowest BCUT2D eigenvalue weighted by Crippen LogP contribution is -2.52. The molecule has 1 aromatic carbocycles. The molecule has 2 unspecified atom stereocenters. The molecule has 0 spiro atoms. The molecule has 0 aliphatic carbocycles. The summed E-state index contributed by atoms with van der Waals surface area (Å²) in [5.41, 5.74) is 7.47. The Balaban J connectivity index is 1.98. The van der Waals surface area contributed by atoms with Crippen LogP contribution in [0, 0.1) is 0 Å². The summed E-state index contributed by atoms with van der Waals surface area (Å²) in [4.78, 5) is 14.9. The van der Waals surface area contributed by atoms with E-state index in [0.29, 0.717) is 12.1 Å². The molecule has 1 aliphatic rings. The Labute approximate surface area is 151 Å². The molecule has 140 valence electrons. The van der Waals surface area contributed by atoms with Crippen LogP contribution in [0.4, 0.5) is 0 Å². The molecule has 0 bridgehead atoms. The van der Waals surface area contributed by atoms with Crippen molar-refractivity contribution in [1.29, 1.82) is 0 Å². The minimum Gasteiger partial charge on any atom is -0.373 e. The first-order chi connectivity index (χ1) is 11.9. The van der Waals surface area contributed by atoms with Crippen LogP contribution in [0.2, 0.25) is 0 Å². The second-order valence-corrected chi connectivity index (χ2v) is 7.29. The lowest BCUT2D eigenvalue weighted by molar-refractivity contribution is -0.0704. The summed E-state index contributed by atoms with van der Waals surface area (Å²) in [6.07, 6.45) is 2.19. The molecule has 1 fully saturated rings. The fourth-order valence-electron chi connectivity index (χ4n) is 3.51. The summed E-state index contributed by atoms with van der Waals surface area (Å²) in [5, 5.41) is 3.12. The predicted octanol–water partition coefficient (Wildman–Crippen LogP) is 2.54. The smallest absolute Gasteiger partial charge is 0.251 e. The van der Waals surface area contributed by atoms with Gasteiger partial charge in [0.2, 0.25) is 0 Å². The van der Waals surface area contributed by atoms with E-state index >= 15 is 0 Å². The van der Waals surface area contributed by atoms with Gasteiger partial charge < -0.3 is 15.8 Å². The first kappa shape index (κ1) is 19.9. The van der Waals surface area contributed by atoms with Crippen molar-refractivity contribution in [2.45, 2.75) is 64.8 Å². The molecule has 1 aliphatic heterocycles. The van der Waals surface area contributed by atoms with Crippen molar-refractivity contribution < 1.29 is 9.53 Å². The topological polar surface area (TPSA) is 67.6 Å². The molecule has 25 heavy (non-hydrogen) atoms. The zero-order valence-electron chi connectivity index (χ0n) is 16.0. The van der Waals surface area contributed by atoms with Crippen LogP contribution in [0.15, 0.2) is 24.3 Å². The number of hydrogen-bond donors (Lipinski definition) is 2. The molecule has 0 aromatic heterocycles. The maximum absolute atomic E-state index is 12.5. The van der Waals surface area contributed by atoms with Crippen LogP contribution in [0.25, 0.3) is 0 Å². The monoisotopic (exact) mass is 347 g/mol. The molecule has 2 atom stereocenters. The number of carbonyl (C=O) groups is 1. The first-order valence-electron chi connectivity index (χ1n) is 9.40. The second-order valence-electron chi connectivity index (χ2n) is 7.29. The zero-order chi connectivity index (χ0) is 18.4. The van der Waals surface area contributed by atoms with Crippen LogP contribution < -0.4 is 11.1 Å². The van der Waals surface area contributed by atoms with E-state index in [4.69, 9.17) is 10.5 Å². The Hall–Kier alpha value is -1.43. The van der Waals surface area contributed by atoms with Gasteiger partial charge in [-0.1, -0.05) is 26.0 Å². The van der Waals surface area contributed by atoms with E-state index in [-0.39, 0.29) is 23.7 Å². The fourth-order valence-corrected chi connectivity index (χ4v) is 3.51. The van der Waals surface area contributed by atoms with Crippen molar-refractivity contribution in [1.82, 2.24) is 10.2 Å². The lowest BCUT2D eigenvalue weighted by atomic mass is 9.92. The standard InChI is InChI=1S/C20H33N3O2/c1-5-20(6-2,14-21)22-19(24)18-9-7-17(8-10-18)13-23-11-15(3)25-16(4)12-23/h7-10,15-16H,5-6,11-14,21H2,1-4H3,(H,22,24). The van der Waals surface area contributed by atoms with Gasteiger partial charge in [-0.15, -0.1) is 0 Å². The highest BCUT2D eigenvalue weighted by atomic mass is 16.5. The quantitative estimate of drug-likeness (QED) is 0.795. The molecular formula is C20H33N3O2. The lowest BCUT2D eigenvalue weighted by Gasteiger charge is -2.35. The molecule has 1 amide bonds. The minimum atomic E-state index is -0.310. The Bertz CT molecular complexity index is 536. The highest BCUT2D eigenvalue weighted by molar-refractivity contribution is 5.94. The van der Waals surface area contributed by atoms with Gasteiger partial charge in [0.1, 0.15) is 0 Å². The van der Waals surface area contributed by atoms with E-state index in [2.05, 4.69) is 37.9 Å². The molecule has 3 N–H and O–H groups in total. The Morgan fingerprint density at radius 2 is 1.76 bits per heavy atom. The average molecular weight is 348 g/mol. The number of nitrogens with two attached hydrogens (primary N) is 1. The third-order valence-corrected chi connectivity index (χ3v) is 5.24. The van der Waals surface area contributed by atoms with Gasteiger partial charge in [0.15, 0.2) is 0 Å². The Morgan fingerprint density at radius 3 is 2.24 bits per heavy atom. The first-order valence-corrected chi connectivity index (χ1v) is 9.40. The number of amides is 1. The summed E-state index contributed by atoms with van der Waals surface area (Å²) < 4.78 is 5.78. The van der Waals surface area contributed by atoms with Crippen molar-refractivity contribution >= 4 is 5.91 Å². The van der Waals surface area contributed by atoms with Gasteiger partial charge in [0.05, 0.1) is 17.7 Å². The molecule has 5 nitrogen and oxygen atoms in total. The Kier molecular flexibility index (Phi) is 6.99. The van der Waals surface area contributed by atoms with E-state index < -0.39 is 0 Å². The molecular weight excluding hydrogens is 314 g/mol. The van der Waals surface area contributed by atoms with Gasteiger partial charge in [-0.05, 0) is 44.4 Å². The highest BCUT2D eigenvalue weighted by Crippen LogP contribution is 2.17. The van der Waals surface area contributed by atoms with Crippen molar-refractivity contribution in [2.24, 2.45) is 5.73 Å². The zero-order valence-corrected chi connectivity index (χ0v) is 16.0. The maximum Gasteiger partial charge on any atom is 0.251 e. The van der Waals surface area contributed by atoms with E-state index in [1.807, 2.05) is 24.3 Å². The summed E-state index contributed by atoms with van der Waals surface area (Å²) in [5.74, 6) is -0.0469. The second kappa shape index (κ2) is 8.79. The van der Waals surface area contributed by atoms with Crippen molar-refractivity contribution in [3.05, 3.63) is 35.4 Å². The van der Waals surface area contributed by atoms with Gasteiger partial charge in [0.25, 0.3) is 5.91 Å². The van der Waals surface area contributed by atoms with Gasteiger partial charge >= 0.3 is 0 Å². The van der Waals surface area contributed by atoms with Gasteiger partial charge in [-0.2, -0.15) is 0 Å². The summed E-state index contributed by atoms with van der Waals surface area (Å²) >= 11 is 0. The highest BCUT2D eigenvalue weighted by Gasteiger charge is 2.27. The number of benzene rings is 1. The average Bonchev–Trinajstić information content (AvgIpc) is 2.59.